The maximum atomic E-state index is 9.86. The second-order valence-electron chi connectivity index (χ2n) is 3.06. The normalized spacial score (nSPS) is 17.1. The van der Waals surface area contributed by atoms with Crippen LogP contribution in [0.15, 0.2) is 12.2 Å². The van der Waals surface area contributed by atoms with Gasteiger partial charge in [-0.15, -0.1) is 0 Å². The van der Waals surface area contributed by atoms with Crippen LogP contribution in [0, 0.1) is 0 Å². The first kappa shape index (κ1) is 10.7. The zero-order valence-electron chi connectivity index (χ0n) is 7.93. The molecule has 11 heavy (non-hydrogen) atoms. The van der Waals surface area contributed by atoms with Crippen LogP contribution in [0.4, 0.5) is 0 Å². The van der Waals surface area contributed by atoms with E-state index >= 15 is 0 Å². The van der Waals surface area contributed by atoms with Crippen molar-refractivity contribution in [1.82, 2.24) is 0 Å². The van der Waals surface area contributed by atoms with Gasteiger partial charge in [-0.05, 0) is 19.8 Å². The zero-order chi connectivity index (χ0) is 8.74. The fourth-order valence-electron chi connectivity index (χ4n) is 1.17. The van der Waals surface area contributed by atoms with Gasteiger partial charge >= 0.3 is 0 Å². The maximum absolute atomic E-state index is 9.86. The van der Waals surface area contributed by atoms with Gasteiger partial charge in [0.1, 0.15) is 0 Å². The molecule has 0 saturated heterocycles. The van der Waals surface area contributed by atoms with E-state index in [4.69, 9.17) is 0 Å². The molecule has 1 N–H and O–H groups in total. The van der Waals surface area contributed by atoms with Crippen LogP contribution < -0.4 is 0 Å². The lowest BCUT2D eigenvalue weighted by Gasteiger charge is -2.22. The minimum absolute atomic E-state index is 0.537. The predicted molar refractivity (Wildman–Crippen MR) is 49.6 cm³/mol. The largest absolute Gasteiger partial charge is 0.386 e. The van der Waals surface area contributed by atoms with Gasteiger partial charge in [0.25, 0.3) is 0 Å². The molecule has 1 unspecified atom stereocenters. The molecule has 0 aromatic carbocycles. The summed E-state index contributed by atoms with van der Waals surface area (Å²) in [6, 6.07) is 0. The predicted octanol–water partition coefficient (Wildman–Crippen LogP) is 2.89. The highest BCUT2D eigenvalue weighted by atomic mass is 16.3. The van der Waals surface area contributed by atoms with Gasteiger partial charge in [0.15, 0.2) is 0 Å². The minimum atomic E-state index is -0.537. The molecule has 1 nitrogen and oxygen atoms in total. The van der Waals surface area contributed by atoms with Gasteiger partial charge in [0.2, 0.25) is 0 Å². The molecule has 0 aliphatic rings. The van der Waals surface area contributed by atoms with Crippen LogP contribution >= 0.6 is 0 Å². The Hall–Kier alpha value is -0.300. The van der Waals surface area contributed by atoms with E-state index in [9.17, 15) is 5.11 Å². The Morgan fingerprint density at radius 2 is 2.00 bits per heavy atom. The van der Waals surface area contributed by atoms with Gasteiger partial charge in [-0.1, -0.05) is 38.8 Å². The third-order valence-corrected chi connectivity index (χ3v) is 2.05. The first-order chi connectivity index (χ1) is 5.18. The van der Waals surface area contributed by atoms with Crippen molar-refractivity contribution < 1.29 is 5.11 Å². The van der Waals surface area contributed by atoms with Crippen LogP contribution in [0.1, 0.15) is 46.5 Å². The van der Waals surface area contributed by atoms with Crippen molar-refractivity contribution in [1.29, 1.82) is 0 Å². The van der Waals surface area contributed by atoms with Gasteiger partial charge in [-0.2, -0.15) is 0 Å². The van der Waals surface area contributed by atoms with E-state index in [1.165, 1.54) is 0 Å². The van der Waals surface area contributed by atoms with Crippen LogP contribution in [-0.4, -0.2) is 10.7 Å². The third-order valence-electron chi connectivity index (χ3n) is 2.05. The van der Waals surface area contributed by atoms with Crippen LogP contribution in [0.2, 0.25) is 0 Å². The average Bonchev–Trinajstić information content (AvgIpc) is 2.02. The molecule has 0 rings (SSSR count). The molecule has 0 fully saturated rings. The molecule has 1 atom stereocenters. The Balaban J connectivity index is 3.88. The molecular weight excluding hydrogens is 136 g/mol. The van der Waals surface area contributed by atoms with Gasteiger partial charge in [-0.3, -0.25) is 0 Å². The molecule has 66 valence electrons. The van der Waals surface area contributed by atoms with Crippen molar-refractivity contribution in [3.05, 3.63) is 12.2 Å². The Bertz CT molecular complexity index is 118. The summed E-state index contributed by atoms with van der Waals surface area (Å²) in [5, 5.41) is 9.86. The highest BCUT2D eigenvalue weighted by Gasteiger charge is 2.18. The highest BCUT2D eigenvalue weighted by Crippen LogP contribution is 2.19. The monoisotopic (exact) mass is 156 g/mol. The molecule has 0 aromatic heterocycles. The fourth-order valence-corrected chi connectivity index (χ4v) is 1.17. The Morgan fingerprint density at radius 1 is 1.36 bits per heavy atom. The summed E-state index contributed by atoms with van der Waals surface area (Å²) in [7, 11) is 0. The molecule has 1 heteroatoms. The summed E-state index contributed by atoms with van der Waals surface area (Å²) in [5.74, 6) is 0. The average molecular weight is 156 g/mol. The summed E-state index contributed by atoms with van der Waals surface area (Å²) < 4.78 is 0. The molecule has 0 saturated carbocycles. The van der Waals surface area contributed by atoms with Crippen molar-refractivity contribution in [3.8, 4) is 0 Å². The molecule has 0 aliphatic carbocycles. The van der Waals surface area contributed by atoms with Crippen LogP contribution in [0.3, 0.4) is 0 Å². The minimum Gasteiger partial charge on any atom is -0.386 e. The maximum Gasteiger partial charge on any atom is 0.0825 e. The lowest BCUT2D eigenvalue weighted by Crippen LogP contribution is -2.24. The third kappa shape index (κ3) is 4.20. The van der Waals surface area contributed by atoms with E-state index in [1.54, 1.807) is 0 Å². The standard InChI is InChI=1S/C10H20O/c1-4-7-9-10(11,6-3)8-5-2/h5,8,11H,4,6-7,9H2,1-3H3/b8-5+. The number of rotatable bonds is 5. The summed E-state index contributed by atoms with van der Waals surface area (Å²) in [6.07, 6.45) is 7.80. The summed E-state index contributed by atoms with van der Waals surface area (Å²) in [6.45, 7) is 6.12. The van der Waals surface area contributed by atoms with Gasteiger partial charge < -0.3 is 5.11 Å². The summed E-state index contributed by atoms with van der Waals surface area (Å²) >= 11 is 0. The molecular formula is C10H20O. The van der Waals surface area contributed by atoms with Crippen molar-refractivity contribution >= 4 is 0 Å². The van der Waals surface area contributed by atoms with Crippen LogP contribution in [-0.2, 0) is 0 Å². The SMILES string of the molecule is C/C=C/C(O)(CC)CCCC. The van der Waals surface area contributed by atoms with Crippen LogP contribution in [0.25, 0.3) is 0 Å². The molecule has 0 bridgehead atoms. The Kier molecular flexibility index (Phi) is 5.22. The fraction of sp³-hybridized carbons (Fsp3) is 0.800. The Morgan fingerprint density at radius 3 is 2.36 bits per heavy atom. The molecule has 0 amide bonds. The van der Waals surface area contributed by atoms with E-state index in [0.29, 0.717) is 0 Å². The number of hydrogen-bond donors (Lipinski definition) is 1. The van der Waals surface area contributed by atoms with Crippen molar-refractivity contribution in [2.45, 2.75) is 52.1 Å². The topological polar surface area (TPSA) is 20.2 Å². The first-order valence-corrected chi connectivity index (χ1v) is 4.54. The van der Waals surface area contributed by atoms with Gasteiger partial charge in [0, 0.05) is 0 Å². The van der Waals surface area contributed by atoms with E-state index in [-0.39, 0.29) is 0 Å². The summed E-state index contributed by atoms with van der Waals surface area (Å²) in [5.41, 5.74) is -0.537. The van der Waals surface area contributed by atoms with Crippen molar-refractivity contribution in [2.75, 3.05) is 0 Å². The van der Waals surface area contributed by atoms with Crippen molar-refractivity contribution in [2.24, 2.45) is 0 Å². The van der Waals surface area contributed by atoms with E-state index in [2.05, 4.69) is 6.92 Å². The number of hydrogen-bond acceptors (Lipinski definition) is 1. The number of allylic oxidation sites excluding steroid dienone is 1. The van der Waals surface area contributed by atoms with Crippen LogP contribution in [0.5, 0.6) is 0 Å². The van der Waals surface area contributed by atoms with Crippen molar-refractivity contribution in [3.63, 3.8) is 0 Å². The second-order valence-corrected chi connectivity index (χ2v) is 3.06. The lowest BCUT2D eigenvalue weighted by molar-refractivity contribution is 0.0748. The quantitative estimate of drug-likeness (QED) is 0.607. The Labute approximate surface area is 70.1 Å². The van der Waals surface area contributed by atoms with Gasteiger partial charge in [0.05, 0.1) is 5.60 Å². The second kappa shape index (κ2) is 5.36. The zero-order valence-corrected chi connectivity index (χ0v) is 7.93. The van der Waals surface area contributed by atoms with E-state index < -0.39 is 5.60 Å². The molecule has 0 aliphatic heterocycles. The number of unbranched alkanes of at least 4 members (excludes halogenated alkanes) is 1. The van der Waals surface area contributed by atoms with E-state index in [0.717, 1.165) is 25.7 Å². The smallest absolute Gasteiger partial charge is 0.0825 e. The van der Waals surface area contributed by atoms with Gasteiger partial charge in [-0.25, -0.2) is 0 Å². The molecule has 0 heterocycles. The highest BCUT2D eigenvalue weighted by molar-refractivity contribution is 4.98. The molecule has 0 aromatic rings. The lowest BCUT2D eigenvalue weighted by atomic mass is 9.93. The number of aliphatic hydroxyl groups is 1. The van der Waals surface area contributed by atoms with E-state index in [1.807, 2.05) is 26.0 Å². The summed E-state index contributed by atoms with van der Waals surface area (Å²) in [4.78, 5) is 0. The molecule has 0 radical (unpaired) electrons. The molecule has 0 spiro atoms. The first-order valence-electron chi connectivity index (χ1n) is 4.54.